The molecule has 0 saturated heterocycles. The van der Waals surface area contributed by atoms with Crippen molar-refractivity contribution in [3.63, 3.8) is 0 Å². The molecule has 0 saturated carbocycles. The maximum absolute atomic E-state index is 13.1. The van der Waals surface area contributed by atoms with Crippen LogP contribution in [0, 0.1) is 10.1 Å². The molecule has 7 nitrogen and oxygen atoms in total. The van der Waals surface area contributed by atoms with Crippen LogP contribution in [0.1, 0.15) is 10.4 Å². The van der Waals surface area contributed by atoms with Gasteiger partial charge in [0.05, 0.1) is 18.0 Å². The van der Waals surface area contributed by atoms with Crippen molar-refractivity contribution in [1.29, 1.82) is 0 Å². The van der Waals surface area contributed by atoms with Gasteiger partial charge in [0.25, 0.3) is 17.5 Å². The fourth-order valence-electron chi connectivity index (χ4n) is 1.52. The third-order valence-corrected chi connectivity index (χ3v) is 2.68. The maximum Gasteiger partial charge on any atom is 0.293 e. The summed E-state index contributed by atoms with van der Waals surface area (Å²) >= 11 is 0. The molecule has 0 radical (unpaired) electrons. The molecule has 0 atom stereocenters. The van der Waals surface area contributed by atoms with Gasteiger partial charge in [-0.2, -0.15) is 0 Å². The number of nitrogens with one attached hydrogen (secondary N) is 1. The van der Waals surface area contributed by atoms with Crippen molar-refractivity contribution in [2.75, 3.05) is 32.5 Å². The Balaban J connectivity index is 3.06. The number of nitrogens with two attached hydrogens (primary N) is 1. The number of hydrogen-bond donors (Lipinski definition) is 2. The molecule has 0 aromatic heterocycles. The van der Waals surface area contributed by atoms with Crippen LogP contribution in [-0.4, -0.2) is 48.8 Å². The van der Waals surface area contributed by atoms with Gasteiger partial charge in [-0.3, -0.25) is 14.9 Å². The summed E-state index contributed by atoms with van der Waals surface area (Å²) in [5.41, 5.74) is 4.45. The number of carbonyl (C=O) groups is 1. The fourth-order valence-corrected chi connectivity index (χ4v) is 1.52. The van der Waals surface area contributed by atoms with Crippen molar-refractivity contribution in [2.24, 2.45) is 5.73 Å². The summed E-state index contributed by atoms with van der Waals surface area (Å²) in [7, 11) is 3.00. The van der Waals surface area contributed by atoms with Crippen molar-refractivity contribution in [1.82, 2.24) is 4.90 Å². The maximum atomic E-state index is 13.1. The summed E-state index contributed by atoms with van der Waals surface area (Å²) < 4.78 is 26.1. The molecular weight excluding hydrogens is 286 g/mol. The average Bonchev–Trinajstić information content (AvgIpc) is 2.44. The molecule has 0 aliphatic carbocycles. The molecule has 0 spiro atoms. The molecule has 0 aliphatic rings. The lowest BCUT2D eigenvalue weighted by molar-refractivity contribution is -0.384. The SMILES string of the molecule is CN(C)C(=O)c1ccc(NCC(F)(F)CN)c([N+](=O)[O-])c1. The molecule has 1 rings (SSSR count). The first-order valence-corrected chi connectivity index (χ1v) is 6.00. The molecule has 1 aromatic carbocycles. The van der Waals surface area contributed by atoms with Crippen LogP contribution in [-0.2, 0) is 0 Å². The van der Waals surface area contributed by atoms with Gasteiger partial charge < -0.3 is 16.0 Å². The Hall–Kier alpha value is -2.29. The van der Waals surface area contributed by atoms with Crippen LogP contribution in [0.15, 0.2) is 18.2 Å². The lowest BCUT2D eigenvalue weighted by atomic mass is 10.1. The highest BCUT2D eigenvalue weighted by molar-refractivity contribution is 5.95. The van der Waals surface area contributed by atoms with Crippen LogP contribution in [0.4, 0.5) is 20.2 Å². The second kappa shape index (κ2) is 6.44. The molecule has 21 heavy (non-hydrogen) atoms. The lowest BCUT2D eigenvalue weighted by Crippen LogP contribution is -2.35. The van der Waals surface area contributed by atoms with E-state index in [1.165, 1.54) is 31.1 Å². The van der Waals surface area contributed by atoms with Gasteiger partial charge >= 0.3 is 0 Å². The Labute approximate surface area is 119 Å². The van der Waals surface area contributed by atoms with Crippen LogP contribution in [0.25, 0.3) is 0 Å². The highest BCUT2D eigenvalue weighted by atomic mass is 19.3. The Morgan fingerprint density at radius 1 is 1.48 bits per heavy atom. The first kappa shape index (κ1) is 16.8. The standard InChI is InChI=1S/C12H16F2N4O3/c1-17(2)11(19)8-3-4-9(10(5-8)18(20)21)16-7-12(13,14)6-15/h3-5,16H,6-7,15H2,1-2H3. The summed E-state index contributed by atoms with van der Waals surface area (Å²) in [6.45, 7) is -1.70. The van der Waals surface area contributed by atoms with Crippen LogP contribution < -0.4 is 11.1 Å². The third kappa shape index (κ3) is 4.35. The van der Waals surface area contributed by atoms with E-state index in [4.69, 9.17) is 5.73 Å². The molecule has 9 heteroatoms. The molecule has 0 heterocycles. The second-order valence-corrected chi connectivity index (χ2v) is 4.60. The minimum atomic E-state index is -3.17. The minimum Gasteiger partial charge on any atom is -0.373 e. The van der Waals surface area contributed by atoms with Crippen molar-refractivity contribution in [3.8, 4) is 0 Å². The van der Waals surface area contributed by atoms with Crippen molar-refractivity contribution in [3.05, 3.63) is 33.9 Å². The minimum absolute atomic E-state index is 0.0940. The molecule has 0 fully saturated rings. The number of anilines is 1. The number of nitro benzene ring substituents is 1. The van der Waals surface area contributed by atoms with E-state index in [-0.39, 0.29) is 11.3 Å². The van der Waals surface area contributed by atoms with E-state index in [2.05, 4.69) is 5.32 Å². The van der Waals surface area contributed by atoms with Gasteiger partial charge in [-0.25, -0.2) is 8.78 Å². The second-order valence-electron chi connectivity index (χ2n) is 4.60. The van der Waals surface area contributed by atoms with E-state index in [0.717, 1.165) is 6.07 Å². The fraction of sp³-hybridized carbons (Fsp3) is 0.417. The number of amides is 1. The van der Waals surface area contributed by atoms with Gasteiger partial charge in [0, 0.05) is 25.7 Å². The zero-order chi connectivity index (χ0) is 16.2. The number of halogens is 2. The first-order chi connectivity index (χ1) is 9.68. The lowest BCUT2D eigenvalue weighted by Gasteiger charge is -2.16. The van der Waals surface area contributed by atoms with Gasteiger partial charge in [0.15, 0.2) is 0 Å². The van der Waals surface area contributed by atoms with Crippen LogP contribution in [0.3, 0.4) is 0 Å². The number of benzene rings is 1. The van der Waals surface area contributed by atoms with E-state index in [1.54, 1.807) is 0 Å². The van der Waals surface area contributed by atoms with Gasteiger partial charge in [0.1, 0.15) is 5.69 Å². The Morgan fingerprint density at radius 3 is 2.57 bits per heavy atom. The van der Waals surface area contributed by atoms with Crippen LogP contribution >= 0.6 is 0 Å². The van der Waals surface area contributed by atoms with Gasteiger partial charge in [-0.05, 0) is 12.1 Å². The van der Waals surface area contributed by atoms with Gasteiger partial charge in [0.2, 0.25) is 0 Å². The molecule has 0 bridgehead atoms. The van der Waals surface area contributed by atoms with E-state index in [9.17, 15) is 23.7 Å². The van der Waals surface area contributed by atoms with Crippen molar-refractivity contribution < 1.29 is 18.5 Å². The number of nitro groups is 1. The molecule has 3 N–H and O–H groups in total. The van der Waals surface area contributed by atoms with E-state index >= 15 is 0 Å². The Morgan fingerprint density at radius 2 is 2.10 bits per heavy atom. The largest absolute Gasteiger partial charge is 0.373 e. The van der Waals surface area contributed by atoms with E-state index in [1.807, 2.05) is 0 Å². The quantitative estimate of drug-likeness (QED) is 0.609. The zero-order valence-electron chi connectivity index (χ0n) is 11.6. The number of rotatable bonds is 6. The predicted molar refractivity (Wildman–Crippen MR) is 73.6 cm³/mol. The molecule has 1 amide bonds. The average molecular weight is 302 g/mol. The number of nitrogens with zero attached hydrogens (tertiary/aromatic N) is 2. The van der Waals surface area contributed by atoms with Crippen LogP contribution in [0.5, 0.6) is 0 Å². The normalized spacial score (nSPS) is 11.1. The number of hydrogen-bond acceptors (Lipinski definition) is 5. The van der Waals surface area contributed by atoms with Crippen LogP contribution in [0.2, 0.25) is 0 Å². The highest BCUT2D eigenvalue weighted by Crippen LogP contribution is 2.27. The first-order valence-electron chi connectivity index (χ1n) is 6.00. The van der Waals surface area contributed by atoms with Crippen molar-refractivity contribution in [2.45, 2.75) is 5.92 Å². The summed E-state index contributed by atoms with van der Waals surface area (Å²) in [5.74, 6) is -3.59. The molecule has 116 valence electrons. The summed E-state index contributed by atoms with van der Waals surface area (Å²) in [6.07, 6.45) is 0. The van der Waals surface area contributed by atoms with Gasteiger partial charge in [-0.1, -0.05) is 0 Å². The number of carbonyl (C=O) groups excluding carboxylic acids is 1. The van der Waals surface area contributed by atoms with E-state index < -0.39 is 35.5 Å². The van der Waals surface area contributed by atoms with E-state index in [0.29, 0.717) is 0 Å². The highest BCUT2D eigenvalue weighted by Gasteiger charge is 2.28. The molecule has 0 aliphatic heterocycles. The molecular formula is C12H16F2N4O3. The molecule has 1 aromatic rings. The summed E-state index contributed by atoms with van der Waals surface area (Å²) in [5, 5.41) is 13.3. The monoisotopic (exact) mass is 302 g/mol. The van der Waals surface area contributed by atoms with Crippen molar-refractivity contribution >= 4 is 17.3 Å². The Kier molecular flexibility index (Phi) is 5.14. The molecule has 0 unspecified atom stereocenters. The summed E-state index contributed by atoms with van der Waals surface area (Å²) in [4.78, 5) is 23.2. The number of alkyl halides is 2. The topological polar surface area (TPSA) is 102 Å². The Bertz CT molecular complexity index is 549. The third-order valence-electron chi connectivity index (χ3n) is 2.68. The zero-order valence-corrected chi connectivity index (χ0v) is 11.6. The predicted octanol–water partition coefficient (Wildman–Crippen LogP) is 1.30. The van der Waals surface area contributed by atoms with Gasteiger partial charge in [-0.15, -0.1) is 0 Å². The summed E-state index contributed by atoms with van der Waals surface area (Å²) in [6, 6.07) is 3.60. The smallest absolute Gasteiger partial charge is 0.293 e.